The molecule has 242 valence electrons. The van der Waals surface area contributed by atoms with Crippen molar-refractivity contribution in [2.75, 3.05) is 57.4 Å². The van der Waals surface area contributed by atoms with Gasteiger partial charge in [0.25, 0.3) is 5.88 Å². The van der Waals surface area contributed by atoms with Crippen molar-refractivity contribution in [2.24, 2.45) is 22.7 Å². The van der Waals surface area contributed by atoms with E-state index in [9.17, 15) is 4.39 Å². The van der Waals surface area contributed by atoms with Gasteiger partial charge in [-0.05, 0) is 79.7 Å². The Labute approximate surface area is 270 Å². The number of hydrogen-bond donors (Lipinski definition) is 0. The Bertz CT molecular complexity index is 1610. The van der Waals surface area contributed by atoms with Crippen LogP contribution in [0.4, 0.5) is 10.2 Å². The lowest BCUT2D eigenvalue weighted by atomic mass is 9.66. The number of rotatable bonds is 9. The number of aromatic nitrogens is 4. The van der Waals surface area contributed by atoms with Gasteiger partial charge in [0.05, 0.1) is 18.9 Å². The molecule has 46 heavy (non-hydrogen) atoms. The Hall–Kier alpha value is -3.21. The molecule has 2 spiro atoms. The Morgan fingerprint density at radius 2 is 1.83 bits per heavy atom. The Morgan fingerprint density at radius 3 is 2.57 bits per heavy atom. The molecule has 3 aromatic rings. The SMILES string of the molecule is CC(C)[C@H](C1CC(N2CC3(COC3)C2)C1)N1CC2(CCN(c3ncnnc3Oc3ccc(F)cc3-c3ncccc3C3CC3)C2)C1. The Morgan fingerprint density at radius 1 is 1.00 bits per heavy atom. The highest BCUT2D eigenvalue weighted by atomic mass is 19.1. The molecule has 0 radical (unpaired) electrons. The van der Waals surface area contributed by atoms with E-state index in [1.807, 2.05) is 6.07 Å². The summed E-state index contributed by atoms with van der Waals surface area (Å²) in [5, 5.41) is 8.46. The molecule has 4 saturated heterocycles. The molecule has 9 rings (SSSR count). The van der Waals surface area contributed by atoms with Gasteiger partial charge in [-0.25, -0.2) is 9.37 Å². The first-order chi connectivity index (χ1) is 22.4. The number of pyridine rings is 1. The fourth-order valence-corrected chi connectivity index (χ4v) is 9.31. The van der Waals surface area contributed by atoms with Gasteiger partial charge in [-0.1, -0.05) is 19.9 Å². The summed E-state index contributed by atoms with van der Waals surface area (Å²) in [7, 11) is 0. The fraction of sp³-hybridized carbons (Fsp3) is 0.611. The zero-order valence-electron chi connectivity index (χ0n) is 26.9. The minimum Gasteiger partial charge on any atom is -0.434 e. The first-order valence-corrected chi connectivity index (χ1v) is 17.3. The van der Waals surface area contributed by atoms with Crippen molar-refractivity contribution in [1.82, 2.24) is 30.0 Å². The largest absolute Gasteiger partial charge is 0.434 e. The third kappa shape index (κ3) is 4.99. The van der Waals surface area contributed by atoms with Crippen LogP contribution in [-0.2, 0) is 4.74 Å². The van der Waals surface area contributed by atoms with Crippen LogP contribution in [0, 0.1) is 28.5 Å². The van der Waals surface area contributed by atoms with E-state index in [0.29, 0.717) is 46.3 Å². The molecule has 0 bridgehead atoms. The number of anilines is 1. The van der Waals surface area contributed by atoms with Gasteiger partial charge in [0.1, 0.15) is 17.9 Å². The van der Waals surface area contributed by atoms with Gasteiger partial charge in [0.2, 0.25) is 0 Å². The quantitative estimate of drug-likeness (QED) is 0.311. The summed E-state index contributed by atoms with van der Waals surface area (Å²) in [6.45, 7) is 13.4. The van der Waals surface area contributed by atoms with E-state index in [0.717, 1.165) is 81.9 Å². The van der Waals surface area contributed by atoms with E-state index in [1.165, 1.54) is 44.4 Å². The van der Waals surface area contributed by atoms with E-state index in [1.54, 1.807) is 12.3 Å². The third-order valence-corrected chi connectivity index (χ3v) is 11.8. The van der Waals surface area contributed by atoms with Crippen LogP contribution in [0.1, 0.15) is 57.4 Å². The summed E-state index contributed by atoms with van der Waals surface area (Å²) in [6.07, 6.45) is 9.33. The normalized spacial score (nSPS) is 27.3. The van der Waals surface area contributed by atoms with Gasteiger partial charge in [-0.15, -0.1) is 10.2 Å². The molecule has 6 fully saturated rings. The van der Waals surface area contributed by atoms with E-state index < -0.39 is 0 Å². The first kappa shape index (κ1) is 29.0. The smallest absolute Gasteiger partial charge is 0.282 e. The summed E-state index contributed by atoms with van der Waals surface area (Å²) in [6, 6.07) is 10.1. The molecule has 6 heterocycles. The topological polar surface area (TPSA) is 79.7 Å². The predicted molar refractivity (Wildman–Crippen MR) is 172 cm³/mol. The van der Waals surface area contributed by atoms with Crippen LogP contribution in [0.15, 0.2) is 42.9 Å². The maximum Gasteiger partial charge on any atom is 0.282 e. The lowest BCUT2D eigenvalue weighted by Crippen LogP contribution is -2.71. The molecular formula is C36H44FN7O2. The standard InChI is InChI=1S/C36H44FN7O2/c1-23(2)32(25-12-27(13-25)43-18-36(19-43)20-45-21-36)44-16-35(17-44)9-11-42(15-35)33-34(41-40-22-39-33)46-30-8-7-26(37)14-29(30)31-28(24-5-6-24)4-3-10-38-31/h3-4,7-8,10,14,22-25,27,32H,5-6,9,11-13,15-21H2,1-2H3/t25?,27?,32-/m1/s1. The van der Waals surface area contributed by atoms with Crippen LogP contribution in [0.5, 0.6) is 11.6 Å². The summed E-state index contributed by atoms with van der Waals surface area (Å²) in [5.74, 6) is 3.17. The summed E-state index contributed by atoms with van der Waals surface area (Å²) < 4.78 is 26.5. The molecule has 4 aliphatic heterocycles. The second kappa shape index (κ2) is 10.9. The summed E-state index contributed by atoms with van der Waals surface area (Å²) in [4.78, 5) is 17.1. The van der Waals surface area contributed by atoms with E-state index >= 15 is 0 Å². The summed E-state index contributed by atoms with van der Waals surface area (Å²) >= 11 is 0. The highest BCUT2D eigenvalue weighted by Gasteiger charge is 2.56. The van der Waals surface area contributed by atoms with Crippen molar-refractivity contribution >= 4 is 5.82 Å². The zero-order valence-corrected chi connectivity index (χ0v) is 26.9. The van der Waals surface area contributed by atoms with Gasteiger partial charge in [-0.2, -0.15) is 0 Å². The number of halogens is 1. The molecule has 9 nitrogen and oxygen atoms in total. The van der Waals surface area contributed by atoms with E-state index in [-0.39, 0.29) is 11.2 Å². The van der Waals surface area contributed by atoms with Gasteiger partial charge in [0.15, 0.2) is 5.82 Å². The molecule has 1 atom stereocenters. The average molecular weight is 626 g/mol. The van der Waals surface area contributed by atoms with Crippen molar-refractivity contribution in [1.29, 1.82) is 0 Å². The van der Waals surface area contributed by atoms with Crippen molar-refractivity contribution < 1.29 is 13.9 Å². The van der Waals surface area contributed by atoms with Crippen LogP contribution in [0.2, 0.25) is 0 Å². The number of hydrogen-bond acceptors (Lipinski definition) is 9. The highest BCUT2D eigenvalue weighted by molar-refractivity contribution is 5.72. The van der Waals surface area contributed by atoms with Crippen molar-refractivity contribution in [2.45, 2.75) is 64.0 Å². The molecule has 1 aromatic carbocycles. The second-order valence-electron chi connectivity index (χ2n) is 15.6. The molecule has 0 amide bonds. The van der Waals surface area contributed by atoms with Crippen molar-refractivity contribution in [3.05, 3.63) is 54.2 Å². The first-order valence-electron chi connectivity index (χ1n) is 17.3. The fourth-order valence-electron chi connectivity index (χ4n) is 9.31. The minimum atomic E-state index is -0.321. The maximum atomic E-state index is 14.6. The van der Waals surface area contributed by atoms with Crippen LogP contribution in [0.3, 0.4) is 0 Å². The number of nitrogens with zero attached hydrogens (tertiary/aromatic N) is 7. The molecule has 6 aliphatic rings. The Balaban J connectivity index is 0.872. The summed E-state index contributed by atoms with van der Waals surface area (Å²) in [5.41, 5.74) is 3.31. The zero-order chi connectivity index (χ0) is 31.0. The van der Waals surface area contributed by atoms with Crippen LogP contribution in [0.25, 0.3) is 11.3 Å². The Kier molecular flexibility index (Phi) is 6.88. The second-order valence-corrected chi connectivity index (χ2v) is 15.6. The number of benzene rings is 1. The van der Waals surface area contributed by atoms with Gasteiger partial charge >= 0.3 is 0 Å². The highest BCUT2D eigenvalue weighted by Crippen LogP contribution is 2.50. The molecule has 2 aromatic heterocycles. The monoisotopic (exact) mass is 625 g/mol. The van der Waals surface area contributed by atoms with Crippen LogP contribution < -0.4 is 9.64 Å². The lowest BCUT2D eigenvalue weighted by Gasteiger charge is -2.62. The maximum absolute atomic E-state index is 14.6. The van der Waals surface area contributed by atoms with Crippen molar-refractivity contribution in [3.8, 4) is 22.9 Å². The minimum absolute atomic E-state index is 0.265. The molecule has 10 heteroatoms. The lowest BCUT2D eigenvalue weighted by molar-refractivity contribution is -0.210. The number of likely N-dealkylation sites (tertiary alicyclic amines) is 2. The third-order valence-electron chi connectivity index (χ3n) is 11.8. The molecule has 0 unspecified atom stereocenters. The predicted octanol–water partition coefficient (Wildman–Crippen LogP) is 5.39. The molecule has 2 saturated carbocycles. The van der Waals surface area contributed by atoms with Crippen molar-refractivity contribution in [3.63, 3.8) is 0 Å². The molecular weight excluding hydrogens is 581 g/mol. The van der Waals surface area contributed by atoms with Gasteiger partial charge in [0, 0.05) is 73.9 Å². The van der Waals surface area contributed by atoms with Crippen LogP contribution >= 0.6 is 0 Å². The average Bonchev–Trinajstić information content (AvgIpc) is 3.72. The van der Waals surface area contributed by atoms with Gasteiger partial charge in [-0.3, -0.25) is 14.8 Å². The molecule has 2 aliphatic carbocycles. The van der Waals surface area contributed by atoms with E-state index in [4.69, 9.17) is 9.47 Å². The van der Waals surface area contributed by atoms with E-state index in [2.05, 4.69) is 54.8 Å². The van der Waals surface area contributed by atoms with Crippen LogP contribution in [-0.4, -0.2) is 94.5 Å². The number of ether oxygens (including phenoxy) is 2. The van der Waals surface area contributed by atoms with Gasteiger partial charge < -0.3 is 14.4 Å². The molecule has 0 N–H and O–H groups in total.